The minimum Gasteiger partial charge on any atom is -0.480 e. The summed E-state index contributed by atoms with van der Waals surface area (Å²) in [5, 5.41) is 67.2. The molecule has 1 unspecified atom stereocenters. The Hall–Kier alpha value is -9.11. The van der Waals surface area contributed by atoms with E-state index in [1.165, 1.54) is 25.7 Å². The highest BCUT2D eigenvalue weighted by Gasteiger charge is 2.40. The average Bonchev–Trinajstić information content (AvgIpc) is 1.63. The zero-order valence-corrected chi connectivity index (χ0v) is 62.9. The number of nitrogens with two attached hydrogens (primary N) is 2. The van der Waals surface area contributed by atoms with Gasteiger partial charge in [0.1, 0.15) is 66.7 Å². The largest absolute Gasteiger partial charge is 0.480 e. The normalized spacial score (nSPS) is 16.3. The number of carbonyl (C=O) groups is 15. The topological polar surface area (TPSA) is 528 Å². The van der Waals surface area contributed by atoms with Crippen molar-refractivity contribution in [1.29, 1.82) is 0 Å². The number of rotatable bonds is 52. The number of carboxylic acid groups (broad SMARTS) is 1. The molecule has 0 spiro atoms. The van der Waals surface area contributed by atoms with Crippen LogP contribution >= 0.6 is 0 Å². The van der Waals surface area contributed by atoms with E-state index in [0.717, 1.165) is 75.1 Å². The third-order valence-electron chi connectivity index (χ3n) is 18.0. The molecule has 106 heavy (non-hydrogen) atoms. The number of para-hydroxylation sites is 1. The second kappa shape index (κ2) is 47.5. The van der Waals surface area contributed by atoms with E-state index in [1.807, 2.05) is 18.2 Å². The van der Waals surface area contributed by atoms with Gasteiger partial charge in [-0.05, 0) is 102 Å². The first-order chi connectivity index (χ1) is 50.1. The summed E-state index contributed by atoms with van der Waals surface area (Å²) in [7, 11) is 0. The molecule has 13 atom stereocenters. The van der Waals surface area contributed by atoms with Gasteiger partial charge in [-0.1, -0.05) is 124 Å². The van der Waals surface area contributed by atoms with Gasteiger partial charge in [0.15, 0.2) is 0 Å². The summed E-state index contributed by atoms with van der Waals surface area (Å²) in [4.78, 5) is 201. The Kier molecular flexibility index (Phi) is 40.8. The Balaban J connectivity index is 1.43. The monoisotopic (exact) mass is 1490 g/mol. The molecular weight excluding hydrogens is 1380 g/mol. The van der Waals surface area contributed by atoms with Crippen molar-refractivity contribution >= 4 is 100.0 Å². The highest BCUT2D eigenvalue weighted by atomic mass is 16.4. The van der Waals surface area contributed by atoms with Crippen molar-refractivity contribution in [3.8, 4) is 0 Å². The summed E-state index contributed by atoms with van der Waals surface area (Å²) >= 11 is 0. The molecule has 594 valence electrons. The molecule has 2 aromatic rings. The number of carboxylic acids is 1. The average molecular weight is 1500 g/mol. The zero-order chi connectivity index (χ0) is 79.3. The number of unbranched alkanes of at least 4 members (excludes halogenated alkanes) is 11. The lowest BCUT2D eigenvalue weighted by Crippen LogP contribution is -2.61. The molecule has 1 aromatic heterocycles. The third-order valence-corrected chi connectivity index (χ3v) is 18.0. The van der Waals surface area contributed by atoms with Gasteiger partial charge < -0.3 is 99.7 Å². The number of hydrogen-bond acceptors (Lipinski definition) is 18. The number of nitrogens with zero attached hydrogens (tertiary/aromatic N) is 1. The molecule has 1 saturated heterocycles. The van der Waals surface area contributed by atoms with Crippen molar-refractivity contribution in [2.75, 3.05) is 13.2 Å². The molecule has 1 aliphatic heterocycles. The van der Waals surface area contributed by atoms with E-state index in [4.69, 9.17) is 11.5 Å². The predicted octanol–water partition coefficient (Wildman–Crippen LogP) is 0.347. The number of benzene rings is 1. The van der Waals surface area contributed by atoms with Crippen molar-refractivity contribution in [2.24, 2.45) is 29.2 Å². The molecule has 0 saturated carbocycles. The summed E-state index contributed by atoms with van der Waals surface area (Å²) in [6, 6.07) is -7.66. The fourth-order valence-electron chi connectivity index (χ4n) is 12.4. The van der Waals surface area contributed by atoms with Gasteiger partial charge in [0, 0.05) is 49.3 Å². The van der Waals surface area contributed by atoms with Crippen LogP contribution in [0.3, 0.4) is 0 Å². The van der Waals surface area contributed by atoms with Crippen LogP contribution in [0.5, 0.6) is 0 Å². The van der Waals surface area contributed by atoms with E-state index in [9.17, 15) is 92.3 Å². The number of aldehydes is 1. The second-order valence-electron chi connectivity index (χ2n) is 29.0. The van der Waals surface area contributed by atoms with Crippen LogP contribution in [0.1, 0.15) is 209 Å². The van der Waals surface area contributed by atoms with Gasteiger partial charge in [-0.15, -0.1) is 0 Å². The van der Waals surface area contributed by atoms with Crippen LogP contribution in [0, 0.1) is 17.8 Å². The Morgan fingerprint density at radius 3 is 1.41 bits per heavy atom. The Morgan fingerprint density at radius 2 is 0.943 bits per heavy atom. The lowest BCUT2D eigenvalue weighted by molar-refractivity contribution is -0.142. The van der Waals surface area contributed by atoms with Gasteiger partial charge in [-0.25, -0.2) is 4.79 Å². The Morgan fingerprint density at radius 1 is 0.509 bits per heavy atom. The first-order valence-electron chi connectivity index (χ1n) is 37.2. The summed E-state index contributed by atoms with van der Waals surface area (Å²) in [5.74, 6) is -12.3. The number of hydrogen-bond donors (Lipinski definition) is 17. The second-order valence-corrected chi connectivity index (χ2v) is 29.0. The number of aromatic amines is 1. The number of carbonyl (C=O) groups excluding carboxylic acids is 14. The van der Waals surface area contributed by atoms with Gasteiger partial charge in [0.2, 0.25) is 76.8 Å². The standard InChI is InChI=1S/C73H118N14O19/c1-41(2)33-51(66(98)81-54(37-59(75)93)65(97)77-44(7)39-88)82-72(104)63(46(9)91)86-69(101)56(40-89)78-60(94)28-20-18-16-14-12-10-11-13-15-17-19-21-29-61(95)87-32-24-27-57(87)70(102)79-50(30-31-58(74)92)64(96)80-53(35-43(5)6)68(100)85-62(45(8)90)71(103)83-52(34-42(3)4)67(99)84-55(73(105)106)36-47-38-76-49-26-23-22-25-48(47)49/h22-23,25-26,38-39,41-46,50-57,62-63,76,89-91H,10-21,24,27-37,40H2,1-9H3,(H2,74,92)(H2,75,93)(H,77,97)(H,78,94)(H,79,102)(H,80,96)(H,81,98)(H,82,104)(H,83,103)(H,84,99)(H,85,100)(H,86,101)(H,105,106)/t44-,45+,46?,50-,51-,52-,53-,54-,55-,56-,57-,62-,63-/m0/s1. The van der Waals surface area contributed by atoms with Crippen LogP contribution in [0.4, 0.5) is 0 Å². The zero-order valence-electron chi connectivity index (χ0n) is 62.9. The first kappa shape index (κ1) is 91.1. The van der Waals surface area contributed by atoms with Gasteiger partial charge in [0.05, 0.1) is 31.3 Å². The molecule has 19 N–H and O–H groups in total. The predicted molar refractivity (Wildman–Crippen MR) is 391 cm³/mol. The molecule has 33 nitrogen and oxygen atoms in total. The van der Waals surface area contributed by atoms with Crippen molar-refractivity contribution in [1.82, 2.24) is 63.1 Å². The Bertz CT molecular complexity index is 3250. The lowest BCUT2D eigenvalue weighted by Gasteiger charge is -2.29. The molecule has 3 rings (SSSR count). The first-order valence-corrected chi connectivity index (χ1v) is 37.2. The van der Waals surface area contributed by atoms with Crippen LogP contribution in [0.15, 0.2) is 30.5 Å². The summed E-state index contributed by atoms with van der Waals surface area (Å²) in [6.07, 6.45) is 9.15. The van der Waals surface area contributed by atoms with Crippen LogP contribution < -0.4 is 64.6 Å². The van der Waals surface area contributed by atoms with Gasteiger partial charge >= 0.3 is 5.97 Å². The molecule has 33 heteroatoms. The number of aliphatic hydroxyl groups excluding tert-OH is 3. The number of amides is 13. The maximum Gasteiger partial charge on any atom is 0.326 e. The number of primary amides is 2. The van der Waals surface area contributed by atoms with Crippen molar-refractivity contribution in [3.05, 3.63) is 36.0 Å². The van der Waals surface area contributed by atoms with Crippen LogP contribution in [0.25, 0.3) is 10.9 Å². The lowest BCUT2D eigenvalue weighted by atomic mass is 9.99. The highest BCUT2D eigenvalue weighted by Crippen LogP contribution is 2.23. The number of aliphatic carboxylic acids is 1. The molecule has 0 bridgehead atoms. The Labute approximate surface area is 620 Å². The number of aliphatic hydroxyl groups is 3. The maximum atomic E-state index is 14.1. The smallest absolute Gasteiger partial charge is 0.326 e. The van der Waals surface area contributed by atoms with E-state index in [0.29, 0.717) is 44.1 Å². The van der Waals surface area contributed by atoms with E-state index >= 15 is 0 Å². The number of likely N-dealkylation sites (tertiary alicyclic amines) is 1. The summed E-state index contributed by atoms with van der Waals surface area (Å²) in [6.45, 7) is 13.9. The molecular formula is C73H118N14O19. The number of nitrogens with one attached hydrogen (secondary N) is 11. The molecule has 0 aliphatic carbocycles. The molecule has 1 fully saturated rings. The maximum absolute atomic E-state index is 14.1. The molecule has 1 aliphatic rings. The molecule has 13 amide bonds. The van der Waals surface area contributed by atoms with Crippen LogP contribution in [0.2, 0.25) is 0 Å². The fourth-order valence-corrected chi connectivity index (χ4v) is 12.4. The highest BCUT2D eigenvalue weighted by molar-refractivity contribution is 5.99. The van der Waals surface area contributed by atoms with Crippen molar-refractivity contribution in [2.45, 2.75) is 289 Å². The molecule has 1 aromatic carbocycles. The van der Waals surface area contributed by atoms with Crippen LogP contribution in [-0.4, -0.2) is 211 Å². The van der Waals surface area contributed by atoms with Gasteiger partial charge in [-0.3, -0.25) is 62.3 Å². The quantitative estimate of drug-likeness (QED) is 0.0314. The molecule has 0 radical (unpaired) electrons. The number of aromatic nitrogens is 1. The van der Waals surface area contributed by atoms with Gasteiger partial charge in [-0.2, -0.15) is 0 Å². The van der Waals surface area contributed by atoms with Gasteiger partial charge in [0.25, 0.3) is 0 Å². The van der Waals surface area contributed by atoms with Crippen molar-refractivity contribution < 1.29 is 92.3 Å². The minimum absolute atomic E-state index is 0.0144. The molecule has 2 heterocycles. The minimum atomic E-state index is -1.67. The van der Waals surface area contributed by atoms with E-state index in [2.05, 4.69) is 58.2 Å². The SMILES string of the molecule is CC(C)C[C@H](NC(=O)[C@H](CCC(N)=O)NC(=O)[C@@H]1CCCN1C(=O)CCCCCCCCCCCCCCC(=O)N[C@@H](CO)C(=O)N[C@H](C(=O)N[C@@H](CC(C)C)C(=O)N[C@@H](CC(N)=O)C(=O)N[C@@H](C)C=O)C(C)O)C(=O)N[C@H](C(=O)N[C@@H](CC(C)C)C(=O)N[C@@H](Cc1c[nH]c2ccccc12)C(=O)O)[C@@H](C)O. The third kappa shape index (κ3) is 33.1. The fraction of sp³-hybridized carbons (Fsp3) is 0.685. The number of H-pyrrole nitrogens is 1. The summed E-state index contributed by atoms with van der Waals surface area (Å²) < 4.78 is 0. The van der Waals surface area contributed by atoms with Crippen LogP contribution in [-0.2, 0) is 78.3 Å². The number of fused-ring (bicyclic) bond motifs is 1. The van der Waals surface area contributed by atoms with Crippen molar-refractivity contribution in [3.63, 3.8) is 0 Å². The van der Waals surface area contributed by atoms with E-state index < -0.39 is 169 Å². The van der Waals surface area contributed by atoms with E-state index in [-0.39, 0.29) is 75.0 Å². The van der Waals surface area contributed by atoms with E-state index in [1.54, 1.807) is 53.8 Å². The summed E-state index contributed by atoms with van der Waals surface area (Å²) in [5.41, 5.74) is 12.2.